The lowest BCUT2D eigenvalue weighted by atomic mass is 10.2. The molecular formula is C18H21N3O2. The first-order valence-electron chi connectivity index (χ1n) is 7.92. The molecular weight excluding hydrogens is 290 g/mol. The first kappa shape index (κ1) is 15.3. The van der Waals surface area contributed by atoms with Gasteiger partial charge in [0.05, 0.1) is 7.11 Å². The van der Waals surface area contributed by atoms with Gasteiger partial charge in [-0.15, -0.1) is 0 Å². The van der Waals surface area contributed by atoms with Gasteiger partial charge >= 0.3 is 0 Å². The van der Waals surface area contributed by atoms with Crippen molar-refractivity contribution in [1.29, 1.82) is 0 Å². The number of nitrogens with one attached hydrogen (secondary N) is 2. The summed E-state index contributed by atoms with van der Waals surface area (Å²) < 4.78 is 5.14. The smallest absolute Gasteiger partial charge is 0.270 e. The van der Waals surface area contributed by atoms with Crippen LogP contribution in [0.5, 0.6) is 5.75 Å². The number of hydrogen-bond donors (Lipinski definition) is 2. The van der Waals surface area contributed by atoms with Crippen molar-refractivity contribution in [2.24, 2.45) is 0 Å². The number of methoxy groups -OCH3 is 1. The second-order valence-electron chi connectivity index (χ2n) is 5.74. The zero-order valence-electron chi connectivity index (χ0n) is 13.2. The van der Waals surface area contributed by atoms with E-state index >= 15 is 0 Å². The second-order valence-corrected chi connectivity index (χ2v) is 5.74. The summed E-state index contributed by atoms with van der Waals surface area (Å²) in [4.78, 5) is 16.4. The predicted molar refractivity (Wildman–Crippen MR) is 90.2 cm³/mol. The zero-order chi connectivity index (χ0) is 16.1. The van der Waals surface area contributed by atoms with E-state index in [1.807, 2.05) is 30.3 Å². The van der Waals surface area contributed by atoms with E-state index < -0.39 is 0 Å². The molecule has 0 aliphatic heterocycles. The van der Waals surface area contributed by atoms with Crippen molar-refractivity contribution < 1.29 is 9.53 Å². The Balaban J connectivity index is 1.67. The average Bonchev–Trinajstić information content (AvgIpc) is 3.09. The van der Waals surface area contributed by atoms with Crippen LogP contribution in [-0.2, 0) is 0 Å². The maximum atomic E-state index is 12.3. The van der Waals surface area contributed by atoms with Crippen molar-refractivity contribution in [1.82, 2.24) is 10.3 Å². The number of aromatic nitrogens is 1. The molecule has 1 amide bonds. The first-order valence-corrected chi connectivity index (χ1v) is 7.92. The lowest BCUT2D eigenvalue weighted by molar-refractivity contribution is 0.0933. The van der Waals surface area contributed by atoms with E-state index in [9.17, 15) is 4.79 Å². The van der Waals surface area contributed by atoms with Crippen LogP contribution in [0.3, 0.4) is 0 Å². The topological polar surface area (TPSA) is 63.2 Å². The number of nitrogens with zero attached hydrogens (tertiary/aromatic N) is 1. The van der Waals surface area contributed by atoms with Gasteiger partial charge in [0.25, 0.3) is 5.91 Å². The number of carbonyl (C=O) groups excluding carboxylic acids is 1. The minimum absolute atomic E-state index is 0.102. The molecule has 120 valence electrons. The molecule has 0 radical (unpaired) electrons. The number of carbonyl (C=O) groups is 1. The number of pyridine rings is 1. The molecule has 5 heteroatoms. The summed E-state index contributed by atoms with van der Waals surface area (Å²) in [6.07, 6.45) is 6.16. The van der Waals surface area contributed by atoms with Gasteiger partial charge in [-0.05, 0) is 49.2 Å². The Morgan fingerprint density at radius 2 is 1.87 bits per heavy atom. The summed E-state index contributed by atoms with van der Waals surface area (Å²) in [6, 6.07) is 11.5. The van der Waals surface area contributed by atoms with E-state index in [0.29, 0.717) is 11.7 Å². The van der Waals surface area contributed by atoms with Gasteiger partial charge in [0, 0.05) is 23.6 Å². The molecule has 3 rings (SSSR count). The molecule has 1 aliphatic carbocycles. The quantitative estimate of drug-likeness (QED) is 0.887. The molecule has 5 nitrogen and oxygen atoms in total. The summed E-state index contributed by atoms with van der Waals surface area (Å²) >= 11 is 0. The van der Waals surface area contributed by atoms with E-state index in [1.54, 1.807) is 19.4 Å². The largest absolute Gasteiger partial charge is 0.497 e. The van der Waals surface area contributed by atoms with Gasteiger partial charge in [-0.3, -0.25) is 9.78 Å². The van der Waals surface area contributed by atoms with Gasteiger partial charge in [0.2, 0.25) is 0 Å². The third-order valence-electron chi connectivity index (χ3n) is 4.06. The number of hydrogen-bond acceptors (Lipinski definition) is 4. The fourth-order valence-corrected chi connectivity index (χ4v) is 2.80. The molecule has 1 fully saturated rings. The monoisotopic (exact) mass is 311 g/mol. The molecule has 0 unspecified atom stereocenters. The van der Waals surface area contributed by atoms with Gasteiger partial charge in [-0.1, -0.05) is 12.8 Å². The van der Waals surface area contributed by atoms with Gasteiger partial charge in [-0.2, -0.15) is 0 Å². The van der Waals surface area contributed by atoms with Crippen LogP contribution in [0.4, 0.5) is 11.4 Å². The van der Waals surface area contributed by atoms with E-state index in [1.165, 1.54) is 12.8 Å². The van der Waals surface area contributed by atoms with Gasteiger partial charge in [0.1, 0.15) is 11.4 Å². The highest BCUT2D eigenvalue weighted by Crippen LogP contribution is 2.21. The Morgan fingerprint density at radius 1 is 1.13 bits per heavy atom. The summed E-state index contributed by atoms with van der Waals surface area (Å²) in [5, 5.41) is 6.32. The fraction of sp³-hybridized carbons (Fsp3) is 0.333. The van der Waals surface area contributed by atoms with Crippen LogP contribution in [0.1, 0.15) is 36.2 Å². The Kier molecular flexibility index (Phi) is 4.76. The van der Waals surface area contributed by atoms with Crippen LogP contribution in [0, 0.1) is 0 Å². The SMILES string of the molecule is COc1ccc(Nc2ccnc(C(=O)NC3CCCC3)c2)cc1. The predicted octanol–water partition coefficient (Wildman–Crippen LogP) is 3.51. The summed E-state index contributed by atoms with van der Waals surface area (Å²) in [7, 11) is 1.64. The van der Waals surface area contributed by atoms with Crippen molar-refractivity contribution in [2.75, 3.05) is 12.4 Å². The average molecular weight is 311 g/mol. The summed E-state index contributed by atoms with van der Waals surface area (Å²) in [6.45, 7) is 0. The van der Waals surface area contributed by atoms with Crippen LogP contribution in [0.15, 0.2) is 42.6 Å². The van der Waals surface area contributed by atoms with E-state index in [2.05, 4.69) is 15.6 Å². The highest BCUT2D eigenvalue weighted by atomic mass is 16.5. The van der Waals surface area contributed by atoms with E-state index in [-0.39, 0.29) is 5.91 Å². The van der Waals surface area contributed by atoms with Crippen molar-refractivity contribution in [2.45, 2.75) is 31.7 Å². The highest BCUT2D eigenvalue weighted by molar-refractivity contribution is 5.93. The van der Waals surface area contributed by atoms with Crippen molar-refractivity contribution in [3.05, 3.63) is 48.3 Å². The van der Waals surface area contributed by atoms with Crippen LogP contribution in [-0.4, -0.2) is 24.0 Å². The molecule has 1 aromatic heterocycles. The van der Waals surface area contributed by atoms with Crippen LogP contribution in [0.2, 0.25) is 0 Å². The molecule has 0 bridgehead atoms. The molecule has 23 heavy (non-hydrogen) atoms. The maximum Gasteiger partial charge on any atom is 0.270 e. The van der Waals surface area contributed by atoms with Crippen LogP contribution < -0.4 is 15.4 Å². The summed E-state index contributed by atoms with van der Waals surface area (Å²) in [5.41, 5.74) is 2.20. The molecule has 0 saturated heterocycles. The molecule has 0 atom stereocenters. The Hall–Kier alpha value is -2.56. The Bertz CT molecular complexity index is 664. The van der Waals surface area contributed by atoms with Crippen molar-refractivity contribution in [3.8, 4) is 5.75 Å². The normalized spacial score (nSPS) is 14.5. The number of ether oxygens (including phenoxy) is 1. The molecule has 1 aromatic carbocycles. The van der Waals surface area contributed by atoms with Crippen molar-refractivity contribution in [3.63, 3.8) is 0 Å². The van der Waals surface area contributed by atoms with E-state index in [0.717, 1.165) is 30.0 Å². The lowest BCUT2D eigenvalue weighted by Crippen LogP contribution is -2.33. The third-order valence-corrected chi connectivity index (χ3v) is 4.06. The second kappa shape index (κ2) is 7.13. The van der Waals surface area contributed by atoms with Gasteiger partial charge in [-0.25, -0.2) is 0 Å². The van der Waals surface area contributed by atoms with E-state index in [4.69, 9.17) is 4.74 Å². The lowest BCUT2D eigenvalue weighted by Gasteiger charge is -2.12. The first-order chi connectivity index (χ1) is 11.2. The number of rotatable bonds is 5. The minimum Gasteiger partial charge on any atom is -0.497 e. The minimum atomic E-state index is -0.102. The third kappa shape index (κ3) is 4.00. The van der Waals surface area contributed by atoms with Gasteiger partial charge in [0.15, 0.2) is 0 Å². The Morgan fingerprint density at radius 3 is 2.57 bits per heavy atom. The van der Waals surface area contributed by atoms with Crippen LogP contribution >= 0.6 is 0 Å². The molecule has 1 saturated carbocycles. The molecule has 1 heterocycles. The molecule has 1 aliphatic rings. The highest BCUT2D eigenvalue weighted by Gasteiger charge is 2.18. The standard InChI is InChI=1S/C18H21N3O2/c1-23-16-8-6-14(7-9-16)20-15-10-11-19-17(12-15)18(22)21-13-4-2-3-5-13/h6-13H,2-5H2,1H3,(H,19,20)(H,21,22). The fourth-order valence-electron chi connectivity index (χ4n) is 2.80. The number of amides is 1. The molecule has 2 aromatic rings. The Labute approximate surface area is 136 Å². The molecule has 2 N–H and O–H groups in total. The number of benzene rings is 1. The summed E-state index contributed by atoms with van der Waals surface area (Å²) in [5.74, 6) is 0.706. The van der Waals surface area contributed by atoms with Gasteiger partial charge < -0.3 is 15.4 Å². The zero-order valence-corrected chi connectivity index (χ0v) is 13.2. The van der Waals surface area contributed by atoms with Crippen molar-refractivity contribution >= 4 is 17.3 Å². The van der Waals surface area contributed by atoms with Crippen LogP contribution in [0.25, 0.3) is 0 Å². The maximum absolute atomic E-state index is 12.3. The number of anilines is 2. The molecule has 0 spiro atoms.